The first kappa shape index (κ1) is 14.2. The van der Waals surface area contributed by atoms with Gasteiger partial charge in [0, 0.05) is 18.0 Å². The van der Waals surface area contributed by atoms with Gasteiger partial charge < -0.3 is 12.4 Å². The standard InChI is InChI=1S/C14H15N3.ClH/c1-11-6-3-4-8-14(11)17-16-12(2)13-7-5-9-15-10-13;/h3-10,17H,1-2H3;1H/p-1/b16-12+;. The van der Waals surface area contributed by atoms with Crippen LogP contribution in [0.25, 0.3) is 0 Å². The van der Waals surface area contributed by atoms with E-state index in [0.29, 0.717) is 0 Å². The number of benzene rings is 1. The van der Waals surface area contributed by atoms with Crippen LogP contribution in [0, 0.1) is 6.92 Å². The van der Waals surface area contributed by atoms with Gasteiger partial charge in [0.05, 0.1) is 11.4 Å². The third-order valence-corrected chi connectivity index (χ3v) is 2.57. The number of aromatic nitrogens is 1. The summed E-state index contributed by atoms with van der Waals surface area (Å²) in [5.41, 5.74) is 7.21. The van der Waals surface area contributed by atoms with Crippen LogP contribution in [0.2, 0.25) is 0 Å². The molecule has 3 nitrogen and oxygen atoms in total. The SMILES string of the molecule is C/C(=N\Nc1ccccc1C)c1cccnc1.[Cl-]. The second-order valence-corrected chi connectivity index (χ2v) is 3.87. The molecule has 0 fully saturated rings. The highest BCUT2D eigenvalue weighted by atomic mass is 35.5. The molecule has 94 valence electrons. The predicted molar refractivity (Wildman–Crippen MR) is 71.2 cm³/mol. The van der Waals surface area contributed by atoms with Crippen molar-refractivity contribution < 1.29 is 12.4 Å². The minimum atomic E-state index is 0. The van der Waals surface area contributed by atoms with Crippen LogP contribution in [0.5, 0.6) is 0 Å². The van der Waals surface area contributed by atoms with E-state index in [0.717, 1.165) is 17.0 Å². The van der Waals surface area contributed by atoms with Crippen LogP contribution in [0.3, 0.4) is 0 Å². The summed E-state index contributed by atoms with van der Waals surface area (Å²) >= 11 is 0. The van der Waals surface area contributed by atoms with Crippen LogP contribution in [-0.4, -0.2) is 10.7 Å². The molecular weight excluding hydrogens is 246 g/mol. The van der Waals surface area contributed by atoms with Gasteiger partial charge in [0.2, 0.25) is 0 Å². The second kappa shape index (κ2) is 6.77. The fourth-order valence-corrected chi connectivity index (χ4v) is 1.48. The zero-order chi connectivity index (χ0) is 12.1. The summed E-state index contributed by atoms with van der Waals surface area (Å²) in [5, 5.41) is 4.35. The minimum absolute atomic E-state index is 0. The Hall–Kier alpha value is -1.87. The van der Waals surface area contributed by atoms with Gasteiger partial charge in [0.15, 0.2) is 0 Å². The summed E-state index contributed by atoms with van der Waals surface area (Å²) in [6, 6.07) is 12.0. The Kier molecular flexibility index (Phi) is 5.33. The maximum absolute atomic E-state index is 4.35. The van der Waals surface area contributed by atoms with Crippen LogP contribution in [0.4, 0.5) is 5.69 Å². The van der Waals surface area contributed by atoms with E-state index >= 15 is 0 Å². The maximum Gasteiger partial charge on any atom is 0.0663 e. The number of pyridine rings is 1. The first-order valence-corrected chi connectivity index (χ1v) is 5.53. The first-order chi connectivity index (χ1) is 8.27. The maximum atomic E-state index is 4.35. The van der Waals surface area contributed by atoms with E-state index in [9.17, 15) is 0 Å². The minimum Gasteiger partial charge on any atom is -1.00 e. The lowest BCUT2D eigenvalue weighted by atomic mass is 10.2. The summed E-state index contributed by atoms with van der Waals surface area (Å²) in [6.07, 6.45) is 3.56. The molecule has 1 N–H and O–H groups in total. The van der Waals surface area contributed by atoms with E-state index in [1.165, 1.54) is 5.56 Å². The van der Waals surface area contributed by atoms with E-state index in [1.54, 1.807) is 12.4 Å². The average Bonchev–Trinajstić information content (AvgIpc) is 2.38. The Morgan fingerprint density at radius 3 is 2.61 bits per heavy atom. The molecule has 1 aromatic heterocycles. The number of rotatable bonds is 3. The number of anilines is 1. The molecule has 0 radical (unpaired) electrons. The molecule has 0 bridgehead atoms. The summed E-state index contributed by atoms with van der Waals surface area (Å²) < 4.78 is 0. The van der Waals surface area contributed by atoms with Crippen molar-refractivity contribution in [1.82, 2.24) is 4.98 Å². The Labute approximate surface area is 113 Å². The predicted octanol–water partition coefficient (Wildman–Crippen LogP) is 0.230. The van der Waals surface area contributed by atoms with E-state index in [1.807, 2.05) is 37.3 Å². The summed E-state index contributed by atoms with van der Waals surface area (Å²) in [6.45, 7) is 4.01. The van der Waals surface area contributed by atoms with Crippen molar-refractivity contribution in [3.8, 4) is 0 Å². The van der Waals surface area contributed by atoms with Gasteiger partial charge in [-0.25, -0.2) is 0 Å². The molecule has 0 aliphatic carbocycles. The lowest BCUT2D eigenvalue weighted by Crippen LogP contribution is -3.00. The van der Waals surface area contributed by atoms with Crippen molar-refractivity contribution in [2.75, 3.05) is 5.43 Å². The Morgan fingerprint density at radius 2 is 1.94 bits per heavy atom. The molecule has 0 aliphatic heterocycles. The summed E-state index contributed by atoms with van der Waals surface area (Å²) in [4.78, 5) is 4.07. The smallest absolute Gasteiger partial charge is 0.0663 e. The van der Waals surface area contributed by atoms with Crippen molar-refractivity contribution in [2.45, 2.75) is 13.8 Å². The Morgan fingerprint density at radius 1 is 1.17 bits per heavy atom. The van der Waals surface area contributed by atoms with Crippen LogP contribution >= 0.6 is 0 Å². The molecule has 0 unspecified atom stereocenters. The average molecular weight is 261 g/mol. The number of nitrogens with zero attached hydrogens (tertiary/aromatic N) is 2. The third-order valence-electron chi connectivity index (χ3n) is 2.57. The summed E-state index contributed by atoms with van der Waals surface area (Å²) in [7, 11) is 0. The lowest BCUT2D eigenvalue weighted by molar-refractivity contribution is -0.00000362. The van der Waals surface area contributed by atoms with Gasteiger partial charge in [-0.15, -0.1) is 0 Å². The molecule has 18 heavy (non-hydrogen) atoms. The molecule has 4 heteroatoms. The van der Waals surface area contributed by atoms with Gasteiger partial charge in [-0.05, 0) is 31.5 Å². The number of para-hydroxylation sites is 1. The van der Waals surface area contributed by atoms with Crippen molar-refractivity contribution in [3.05, 3.63) is 59.9 Å². The zero-order valence-electron chi connectivity index (χ0n) is 10.4. The van der Waals surface area contributed by atoms with Crippen molar-refractivity contribution in [3.63, 3.8) is 0 Å². The topological polar surface area (TPSA) is 37.3 Å². The number of hydrogen-bond acceptors (Lipinski definition) is 3. The number of halogens is 1. The third kappa shape index (κ3) is 3.57. The number of nitrogens with one attached hydrogen (secondary N) is 1. The van der Waals surface area contributed by atoms with Crippen molar-refractivity contribution >= 4 is 11.4 Å². The van der Waals surface area contributed by atoms with Gasteiger partial charge >= 0.3 is 0 Å². The molecule has 0 saturated heterocycles. The van der Waals surface area contributed by atoms with Gasteiger partial charge in [0.25, 0.3) is 0 Å². The number of hydrazone groups is 1. The van der Waals surface area contributed by atoms with E-state index in [4.69, 9.17) is 0 Å². The van der Waals surface area contributed by atoms with Crippen molar-refractivity contribution in [1.29, 1.82) is 0 Å². The highest BCUT2D eigenvalue weighted by Gasteiger charge is 1.97. The van der Waals surface area contributed by atoms with Crippen LogP contribution in [-0.2, 0) is 0 Å². The highest BCUT2D eigenvalue weighted by Crippen LogP contribution is 2.13. The molecule has 1 heterocycles. The molecule has 0 saturated carbocycles. The quantitative estimate of drug-likeness (QED) is 0.634. The second-order valence-electron chi connectivity index (χ2n) is 3.87. The zero-order valence-corrected chi connectivity index (χ0v) is 11.1. The van der Waals surface area contributed by atoms with Gasteiger partial charge in [-0.3, -0.25) is 10.4 Å². The summed E-state index contributed by atoms with van der Waals surface area (Å²) in [5.74, 6) is 0. The number of aryl methyl sites for hydroxylation is 1. The molecule has 0 amide bonds. The van der Waals surface area contributed by atoms with E-state index in [2.05, 4.69) is 28.5 Å². The molecule has 0 atom stereocenters. The largest absolute Gasteiger partial charge is 1.00 e. The van der Waals surface area contributed by atoms with Gasteiger partial charge in [0.1, 0.15) is 0 Å². The fraction of sp³-hybridized carbons (Fsp3) is 0.143. The molecular formula is C14H15ClN3-. The fourth-order valence-electron chi connectivity index (χ4n) is 1.48. The van der Waals surface area contributed by atoms with Crippen LogP contribution in [0.15, 0.2) is 53.9 Å². The molecule has 2 rings (SSSR count). The van der Waals surface area contributed by atoms with Gasteiger partial charge in [-0.1, -0.05) is 24.3 Å². The first-order valence-electron chi connectivity index (χ1n) is 5.53. The molecule has 2 aromatic rings. The normalized spacial score (nSPS) is 10.7. The Balaban J connectivity index is 0.00000162. The molecule has 1 aromatic carbocycles. The van der Waals surface area contributed by atoms with Crippen LogP contribution < -0.4 is 17.8 Å². The van der Waals surface area contributed by atoms with Crippen LogP contribution in [0.1, 0.15) is 18.1 Å². The van der Waals surface area contributed by atoms with Gasteiger partial charge in [-0.2, -0.15) is 5.10 Å². The monoisotopic (exact) mass is 260 g/mol. The molecule has 0 aliphatic rings. The van der Waals surface area contributed by atoms with E-state index < -0.39 is 0 Å². The lowest BCUT2D eigenvalue weighted by Gasteiger charge is -2.05. The molecule has 0 spiro atoms. The van der Waals surface area contributed by atoms with E-state index in [-0.39, 0.29) is 12.4 Å². The van der Waals surface area contributed by atoms with Crippen molar-refractivity contribution in [2.24, 2.45) is 5.10 Å². The number of hydrogen-bond donors (Lipinski definition) is 1. The highest BCUT2D eigenvalue weighted by molar-refractivity contribution is 5.98. The Bertz CT molecular complexity index is 524.